The maximum atomic E-state index is 13.5. The Morgan fingerprint density at radius 2 is 1.90 bits per heavy atom. The molecule has 1 aliphatic heterocycles. The van der Waals surface area contributed by atoms with E-state index in [0.29, 0.717) is 12.1 Å². The topological polar surface area (TPSA) is 58.7 Å². The summed E-state index contributed by atoms with van der Waals surface area (Å²) in [6, 6.07) is 13.5. The van der Waals surface area contributed by atoms with Crippen LogP contribution < -0.4 is 0 Å². The molecule has 3 aromatic rings. The van der Waals surface area contributed by atoms with Gasteiger partial charge in [0.05, 0.1) is 12.5 Å². The summed E-state index contributed by atoms with van der Waals surface area (Å²) in [6.07, 6.45) is 7.29. The molecule has 6 nitrogen and oxygen atoms in total. The first-order valence-corrected chi connectivity index (χ1v) is 10.5. The van der Waals surface area contributed by atoms with Crippen molar-refractivity contribution in [2.75, 3.05) is 13.1 Å². The number of carbonyl (C=O) groups excluding carboxylic acids is 2. The highest BCUT2D eigenvalue weighted by Gasteiger charge is 2.38. The lowest BCUT2D eigenvalue weighted by molar-refractivity contribution is -0.134. The molecule has 0 bridgehead atoms. The van der Waals surface area contributed by atoms with Crippen LogP contribution in [0.15, 0.2) is 65.6 Å². The molecule has 0 spiro atoms. The molecule has 6 heteroatoms. The molecule has 0 saturated heterocycles. The van der Waals surface area contributed by atoms with E-state index in [1.54, 1.807) is 17.4 Å². The Balaban J connectivity index is 1.40. The average Bonchev–Trinajstić information content (AvgIpc) is 3.24. The zero-order chi connectivity index (χ0) is 20.7. The van der Waals surface area contributed by atoms with E-state index in [9.17, 15) is 9.59 Å². The van der Waals surface area contributed by atoms with Crippen LogP contribution >= 0.6 is 0 Å². The number of carbonyl (C=O) groups is 2. The Morgan fingerprint density at radius 1 is 1.10 bits per heavy atom. The number of aryl methyl sites for hydroxylation is 1. The molecule has 3 heterocycles. The summed E-state index contributed by atoms with van der Waals surface area (Å²) in [6.45, 7) is 3.45. The molecule has 2 aromatic heterocycles. The molecule has 1 fully saturated rings. The van der Waals surface area contributed by atoms with Gasteiger partial charge in [0.1, 0.15) is 12.6 Å². The number of rotatable bonds is 5. The molecule has 2 aliphatic rings. The fourth-order valence-corrected chi connectivity index (χ4v) is 4.28. The second-order valence-electron chi connectivity index (χ2n) is 8.20. The molecule has 0 N–H and O–H groups in total. The number of hydrogen-bond acceptors (Lipinski definition) is 3. The van der Waals surface area contributed by atoms with Gasteiger partial charge in [-0.05, 0) is 50.1 Å². The van der Waals surface area contributed by atoms with Crippen molar-refractivity contribution in [1.29, 1.82) is 0 Å². The van der Waals surface area contributed by atoms with E-state index in [2.05, 4.69) is 4.57 Å². The van der Waals surface area contributed by atoms with Crippen molar-refractivity contribution in [1.82, 2.24) is 14.4 Å². The Labute approximate surface area is 175 Å². The largest absolute Gasteiger partial charge is 0.472 e. The Morgan fingerprint density at radius 3 is 2.60 bits per heavy atom. The van der Waals surface area contributed by atoms with Crippen LogP contribution in [0.3, 0.4) is 0 Å². The first-order valence-electron chi connectivity index (χ1n) is 10.5. The summed E-state index contributed by atoms with van der Waals surface area (Å²) < 4.78 is 7.49. The Hall–Kier alpha value is -3.28. The highest BCUT2D eigenvalue weighted by Crippen LogP contribution is 2.34. The van der Waals surface area contributed by atoms with Crippen molar-refractivity contribution in [3.63, 3.8) is 0 Å². The Bertz CT molecular complexity index is 1050. The van der Waals surface area contributed by atoms with Gasteiger partial charge in [0.15, 0.2) is 0 Å². The highest BCUT2D eigenvalue weighted by molar-refractivity contribution is 5.97. The van der Waals surface area contributed by atoms with Gasteiger partial charge in [0.25, 0.3) is 5.91 Å². The van der Waals surface area contributed by atoms with Crippen LogP contribution in [-0.2, 0) is 11.3 Å². The van der Waals surface area contributed by atoms with Crippen molar-refractivity contribution in [2.45, 2.75) is 38.4 Å². The number of nitrogens with zero attached hydrogens (tertiary/aromatic N) is 3. The van der Waals surface area contributed by atoms with Gasteiger partial charge in [-0.2, -0.15) is 0 Å². The van der Waals surface area contributed by atoms with Crippen LogP contribution in [0.4, 0.5) is 0 Å². The molecule has 1 aromatic carbocycles. The minimum Gasteiger partial charge on any atom is -0.472 e. The third kappa shape index (κ3) is 3.43. The van der Waals surface area contributed by atoms with Crippen LogP contribution in [0.1, 0.15) is 46.1 Å². The van der Waals surface area contributed by atoms with E-state index in [1.165, 1.54) is 0 Å². The van der Waals surface area contributed by atoms with Crippen LogP contribution in [0.2, 0.25) is 0 Å². The maximum Gasteiger partial charge on any atom is 0.254 e. The lowest BCUT2D eigenvalue weighted by atomic mass is 10.0. The predicted molar refractivity (Wildman–Crippen MR) is 112 cm³/mol. The minimum absolute atomic E-state index is 0.0268. The van der Waals surface area contributed by atoms with Gasteiger partial charge >= 0.3 is 0 Å². The number of fused-ring (bicyclic) bond motifs is 1. The molecular formula is C24H25N3O3. The van der Waals surface area contributed by atoms with Crippen molar-refractivity contribution in [3.05, 3.63) is 83.6 Å². The number of hydrogen-bond donors (Lipinski definition) is 0. The van der Waals surface area contributed by atoms with Gasteiger partial charge in [-0.25, -0.2) is 0 Å². The van der Waals surface area contributed by atoms with Gasteiger partial charge < -0.3 is 18.8 Å². The third-order valence-electron chi connectivity index (χ3n) is 6.07. The second-order valence-corrected chi connectivity index (χ2v) is 8.20. The summed E-state index contributed by atoms with van der Waals surface area (Å²) >= 11 is 0. The maximum absolute atomic E-state index is 13.5. The molecule has 1 aliphatic carbocycles. The Kier molecular flexibility index (Phi) is 4.69. The number of amides is 2. The van der Waals surface area contributed by atoms with E-state index < -0.39 is 0 Å². The predicted octanol–water partition coefficient (Wildman–Crippen LogP) is 3.63. The minimum atomic E-state index is -0.199. The second kappa shape index (κ2) is 7.52. The standard InChI is InChI=1S/C24H25N3O3/c1-17-4-6-18(7-5-17)24(29)27(20-8-9-20)15-22(28)26-13-12-25-11-2-3-21(25)23(26)19-10-14-30-16-19/h2-7,10-11,14,16,20,23H,8-9,12-13,15H2,1H3/t23-/m0/s1. The molecule has 0 unspecified atom stereocenters. The monoisotopic (exact) mass is 403 g/mol. The van der Waals surface area contributed by atoms with Crippen LogP contribution in [0.25, 0.3) is 0 Å². The fourth-order valence-electron chi connectivity index (χ4n) is 4.28. The lowest BCUT2D eigenvalue weighted by Crippen LogP contribution is -2.48. The van der Waals surface area contributed by atoms with E-state index >= 15 is 0 Å². The van der Waals surface area contributed by atoms with E-state index in [-0.39, 0.29) is 30.4 Å². The van der Waals surface area contributed by atoms with Crippen molar-refractivity contribution in [3.8, 4) is 0 Å². The molecule has 2 amide bonds. The van der Waals surface area contributed by atoms with Gasteiger partial charge in [0.2, 0.25) is 5.91 Å². The first-order chi connectivity index (χ1) is 14.6. The molecular weight excluding hydrogens is 378 g/mol. The highest BCUT2D eigenvalue weighted by atomic mass is 16.3. The van der Waals surface area contributed by atoms with E-state index in [1.807, 2.05) is 60.5 Å². The summed E-state index contributed by atoms with van der Waals surface area (Å²) in [5, 5.41) is 0. The number of benzene rings is 1. The molecule has 1 saturated carbocycles. The lowest BCUT2D eigenvalue weighted by Gasteiger charge is -2.38. The number of furan rings is 1. The summed E-state index contributed by atoms with van der Waals surface area (Å²) in [5.74, 6) is -0.0906. The quantitative estimate of drug-likeness (QED) is 0.654. The molecule has 0 radical (unpaired) electrons. The SMILES string of the molecule is Cc1ccc(C(=O)N(CC(=O)N2CCn3cccc3[C@@H]2c2ccoc2)C2CC2)cc1. The summed E-state index contributed by atoms with van der Waals surface area (Å²) in [5.41, 5.74) is 3.77. The zero-order valence-corrected chi connectivity index (χ0v) is 17.0. The van der Waals surface area contributed by atoms with Crippen molar-refractivity contribution < 1.29 is 14.0 Å². The molecule has 154 valence electrons. The van der Waals surface area contributed by atoms with Crippen LogP contribution in [0, 0.1) is 6.92 Å². The van der Waals surface area contributed by atoms with Crippen LogP contribution in [0.5, 0.6) is 0 Å². The molecule has 30 heavy (non-hydrogen) atoms. The van der Waals surface area contributed by atoms with E-state index in [0.717, 1.165) is 36.2 Å². The zero-order valence-electron chi connectivity index (χ0n) is 17.0. The number of aromatic nitrogens is 1. The fraction of sp³-hybridized carbons (Fsp3) is 0.333. The van der Waals surface area contributed by atoms with E-state index in [4.69, 9.17) is 4.42 Å². The van der Waals surface area contributed by atoms with Gasteiger partial charge in [-0.3, -0.25) is 9.59 Å². The summed E-state index contributed by atoms with van der Waals surface area (Å²) in [4.78, 5) is 30.3. The van der Waals surface area contributed by atoms with Crippen molar-refractivity contribution >= 4 is 11.8 Å². The first kappa shape index (κ1) is 18.7. The third-order valence-corrected chi connectivity index (χ3v) is 6.07. The van der Waals surface area contributed by atoms with Gasteiger partial charge in [0, 0.05) is 42.1 Å². The smallest absolute Gasteiger partial charge is 0.254 e. The van der Waals surface area contributed by atoms with Crippen molar-refractivity contribution in [2.24, 2.45) is 0 Å². The van der Waals surface area contributed by atoms with Gasteiger partial charge in [-0.1, -0.05) is 17.7 Å². The molecule has 1 atom stereocenters. The normalized spacial score (nSPS) is 18.2. The molecule has 5 rings (SSSR count). The van der Waals surface area contributed by atoms with Crippen LogP contribution in [-0.4, -0.2) is 45.3 Å². The van der Waals surface area contributed by atoms with Gasteiger partial charge in [-0.15, -0.1) is 0 Å². The summed E-state index contributed by atoms with van der Waals surface area (Å²) in [7, 11) is 0. The average molecular weight is 403 g/mol.